The van der Waals surface area contributed by atoms with E-state index in [1.165, 1.54) is 11.4 Å². The van der Waals surface area contributed by atoms with Crippen LogP contribution in [0.25, 0.3) is 0 Å². The van der Waals surface area contributed by atoms with Crippen molar-refractivity contribution in [1.82, 2.24) is 14.7 Å². The summed E-state index contributed by atoms with van der Waals surface area (Å²) in [5, 5.41) is 4.60. The molecule has 0 aliphatic carbocycles. The third-order valence-electron chi connectivity index (χ3n) is 4.18. The molecule has 1 unspecified atom stereocenters. The standard InChI is InChI=1S/C15H29N5/c1-11(2)19-6-8-20(9-7-19)15-14(10-12(3)16)13(4)17-18(15)5/h11-12H,6-10,16H2,1-5H3. The fourth-order valence-electron chi connectivity index (χ4n) is 3.10. The van der Waals surface area contributed by atoms with Gasteiger partial charge in [0, 0.05) is 50.9 Å². The summed E-state index contributed by atoms with van der Waals surface area (Å²) in [6.07, 6.45) is 0.902. The van der Waals surface area contributed by atoms with Gasteiger partial charge in [0.25, 0.3) is 0 Å². The van der Waals surface area contributed by atoms with Crippen molar-refractivity contribution in [2.75, 3.05) is 31.1 Å². The Hall–Kier alpha value is -1.07. The molecule has 0 amide bonds. The number of hydrogen-bond donors (Lipinski definition) is 1. The molecule has 5 nitrogen and oxygen atoms in total. The van der Waals surface area contributed by atoms with E-state index >= 15 is 0 Å². The molecule has 2 rings (SSSR count). The van der Waals surface area contributed by atoms with Crippen molar-refractivity contribution < 1.29 is 0 Å². The van der Waals surface area contributed by atoms with Gasteiger partial charge in [-0.15, -0.1) is 0 Å². The van der Waals surface area contributed by atoms with Crippen molar-refractivity contribution in [2.24, 2.45) is 12.8 Å². The first-order chi connectivity index (χ1) is 9.40. The van der Waals surface area contributed by atoms with Crippen LogP contribution in [0.5, 0.6) is 0 Å². The first kappa shape index (κ1) is 15.3. The largest absolute Gasteiger partial charge is 0.354 e. The number of piperazine rings is 1. The normalized spacial score (nSPS) is 18.9. The molecule has 1 aliphatic heterocycles. The molecule has 0 aromatic carbocycles. The van der Waals surface area contributed by atoms with Crippen LogP contribution in [-0.4, -0.2) is 52.9 Å². The van der Waals surface area contributed by atoms with Crippen LogP contribution >= 0.6 is 0 Å². The summed E-state index contributed by atoms with van der Waals surface area (Å²) in [6.45, 7) is 13.1. The van der Waals surface area contributed by atoms with Gasteiger partial charge in [0.15, 0.2) is 0 Å². The van der Waals surface area contributed by atoms with Gasteiger partial charge in [-0.25, -0.2) is 0 Å². The molecule has 2 N–H and O–H groups in total. The molecule has 1 saturated heterocycles. The van der Waals surface area contributed by atoms with Gasteiger partial charge >= 0.3 is 0 Å². The van der Waals surface area contributed by atoms with E-state index < -0.39 is 0 Å². The van der Waals surface area contributed by atoms with E-state index in [1.807, 2.05) is 11.7 Å². The number of aromatic nitrogens is 2. The number of hydrogen-bond acceptors (Lipinski definition) is 4. The monoisotopic (exact) mass is 279 g/mol. The molecule has 20 heavy (non-hydrogen) atoms. The summed E-state index contributed by atoms with van der Waals surface area (Å²) >= 11 is 0. The number of aryl methyl sites for hydroxylation is 2. The maximum absolute atomic E-state index is 6.00. The number of rotatable bonds is 4. The quantitative estimate of drug-likeness (QED) is 0.898. The number of nitrogens with zero attached hydrogens (tertiary/aromatic N) is 4. The first-order valence-corrected chi connectivity index (χ1v) is 7.67. The predicted molar refractivity (Wildman–Crippen MR) is 84.2 cm³/mol. The fourth-order valence-corrected chi connectivity index (χ4v) is 3.10. The van der Waals surface area contributed by atoms with Crippen LogP contribution in [-0.2, 0) is 13.5 Å². The van der Waals surface area contributed by atoms with E-state index in [4.69, 9.17) is 5.73 Å². The van der Waals surface area contributed by atoms with Gasteiger partial charge in [-0.2, -0.15) is 5.10 Å². The second kappa shape index (κ2) is 6.14. The molecule has 1 aromatic heterocycles. The van der Waals surface area contributed by atoms with Crippen LogP contribution in [0.2, 0.25) is 0 Å². The Bertz CT molecular complexity index is 441. The first-order valence-electron chi connectivity index (χ1n) is 7.67. The average molecular weight is 279 g/mol. The van der Waals surface area contributed by atoms with Crippen molar-refractivity contribution >= 4 is 5.82 Å². The topological polar surface area (TPSA) is 50.3 Å². The van der Waals surface area contributed by atoms with Crippen molar-refractivity contribution in [3.05, 3.63) is 11.3 Å². The van der Waals surface area contributed by atoms with Crippen molar-refractivity contribution in [3.63, 3.8) is 0 Å². The molecule has 1 fully saturated rings. The molecular weight excluding hydrogens is 250 g/mol. The molecule has 5 heteroatoms. The van der Waals surface area contributed by atoms with E-state index in [0.29, 0.717) is 6.04 Å². The molecule has 1 atom stereocenters. The number of nitrogens with two attached hydrogens (primary N) is 1. The third kappa shape index (κ3) is 3.15. The summed E-state index contributed by atoms with van der Waals surface area (Å²) < 4.78 is 2.03. The van der Waals surface area contributed by atoms with E-state index in [9.17, 15) is 0 Å². The molecule has 1 aliphatic rings. The second-order valence-electron chi connectivity index (χ2n) is 6.31. The van der Waals surface area contributed by atoms with Gasteiger partial charge in [-0.05, 0) is 34.1 Å². The highest BCUT2D eigenvalue weighted by Crippen LogP contribution is 2.25. The summed E-state index contributed by atoms with van der Waals surface area (Å²) in [4.78, 5) is 5.00. The van der Waals surface area contributed by atoms with Crippen LogP contribution in [0.4, 0.5) is 5.82 Å². The lowest BCUT2D eigenvalue weighted by molar-refractivity contribution is 0.208. The van der Waals surface area contributed by atoms with E-state index in [1.54, 1.807) is 0 Å². The lowest BCUT2D eigenvalue weighted by Gasteiger charge is -2.38. The fraction of sp³-hybridized carbons (Fsp3) is 0.800. The summed E-state index contributed by atoms with van der Waals surface area (Å²) in [7, 11) is 2.04. The molecule has 0 bridgehead atoms. The second-order valence-corrected chi connectivity index (χ2v) is 6.31. The van der Waals surface area contributed by atoms with Gasteiger partial charge in [0.1, 0.15) is 5.82 Å². The SMILES string of the molecule is Cc1nn(C)c(N2CCN(C(C)C)CC2)c1CC(C)N. The number of anilines is 1. The van der Waals surface area contributed by atoms with Gasteiger partial charge in [-0.1, -0.05) is 0 Å². The van der Waals surface area contributed by atoms with Crippen molar-refractivity contribution in [1.29, 1.82) is 0 Å². The van der Waals surface area contributed by atoms with E-state index in [0.717, 1.165) is 38.3 Å². The minimum atomic E-state index is 0.175. The maximum Gasteiger partial charge on any atom is 0.130 e. The van der Waals surface area contributed by atoms with Crippen LogP contribution < -0.4 is 10.6 Å². The Morgan fingerprint density at radius 3 is 2.25 bits per heavy atom. The molecule has 0 radical (unpaired) electrons. The zero-order valence-corrected chi connectivity index (χ0v) is 13.6. The highest BCUT2D eigenvalue weighted by molar-refractivity contribution is 5.51. The minimum Gasteiger partial charge on any atom is -0.354 e. The maximum atomic E-state index is 6.00. The summed E-state index contributed by atoms with van der Waals surface area (Å²) in [6, 6.07) is 0.808. The van der Waals surface area contributed by atoms with Gasteiger partial charge in [0.2, 0.25) is 0 Å². The molecule has 0 saturated carbocycles. The van der Waals surface area contributed by atoms with Gasteiger partial charge in [0.05, 0.1) is 5.69 Å². The summed E-state index contributed by atoms with van der Waals surface area (Å²) in [5.74, 6) is 1.27. The van der Waals surface area contributed by atoms with Crippen molar-refractivity contribution in [3.8, 4) is 0 Å². The summed E-state index contributed by atoms with van der Waals surface area (Å²) in [5.41, 5.74) is 8.44. The third-order valence-corrected chi connectivity index (χ3v) is 4.18. The lowest BCUT2D eigenvalue weighted by Crippen LogP contribution is -2.49. The Labute approximate surface area is 122 Å². The van der Waals surface area contributed by atoms with Crippen LogP contribution in [0.15, 0.2) is 0 Å². The van der Waals surface area contributed by atoms with Crippen LogP contribution in [0, 0.1) is 6.92 Å². The lowest BCUT2D eigenvalue weighted by atomic mass is 10.1. The molecule has 114 valence electrons. The van der Waals surface area contributed by atoms with E-state index in [2.05, 4.69) is 42.6 Å². The van der Waals surface area contributed by atoms with Gasteiger partial charge in [-0.3, -0.25) is 9.58 Å². The van der Waals surface area contributed by atoms with Crippen LogP contribution in [0.1, 0.15) is 32.0 Å². The van der Waals surface area contributed by atoms with E-state index in [-0.39, 0.29) is 6.04 Å². The molecule has 2 heterocycles. The van der Waals surface area contributed by atoms with Crippen LogP contribution in [0.3, 0.4) is 0 Å². The average Bonchev–Trinajstić information content (AvgIpc) is 2.64. The Kier molecular flexibility index (Phi) is 4.70. The van der Waals surface area contributed by atoms with Gasteiger partial charge < -0.3 is 10.6 Å². The Morgan fingerprint density at radius 1 is 1.15 bits per heavy atom. The predicted octanol–water partition coefficient (Wildman–Crippen LogP) is 1.15. The highest BCUT2D eigenvalue weighted by Gasteiger charge is 2.24. The molecule has 1 aromatic rings. The van der Waals surface area contributed by atoms with Crippen molar-refractivity contribution in [2.45, 2.75) is 46.2 Å². The highest BCUT2D eigenvalue weighted by atomic mass is 15.4. The Balaban J connectivity index is 2.17. The molecule has 0 spiro atoms. The zero-order valence-electron chi connectivity index (χ0n) is 13.6. The molecular formula is C15H29N5. The Morgan fingerprint density at radius 2 is 1.75 bits per heavy atom. The smallest absolute Gasteiger partial charge is 0.130 e. The minimum absolute atomic E-state index is 0.175. The zero-order chi connectivity index (χ0) is 14.9.